The number of alkyl halides is 2. The van der Waals surface area contributed by atoms with Gasteiger partial charge in [-0.25, -0.2) is 8.78 Å². The van der Waals surface area contributed by atoms with Crippen molar-refractivity contribution >= 4 is 0 Å². The van der Waals surface area contributed by atoms with E-state index in [0.29, 0.717) is 12.0 Å². The van der Waals surface area contributed by atoms with E-state index in [1.165, 1.54) is 12.8 Å². The summed E-state index contributed by atoms with van der Waals surface area (Å²) in [5.74, 6) is 1.47. The van der Waals surface area contributed by atoms with Crippen LogP contribution in [0.1, 0.15) is 46.0 Å². The Labute approximate surface area is 103 Å². The van der Waals surface area contributed by atoms with E-state index < -0.39 is 12.5 Å². The molecular formula is C13H25F2NO. The van der Waals surface area contributed by atoms with Crippen LogP contribution in [0, 0.1) is 11.8 Å². The number of nitrogens with one attached hydrogen (secondary N) is 1. The van der Waals surface area contributed by atoms with Crippen molar-refractivity contribution < 1.29 is 13.9 Å². The Bertz CT molecular complexity index is 212. The molecule has 0 heterocycles. The molecule has 0 saturated heterocycles. The summed E-state index contributed by atoms with van der Waals surface area (Å²) in [6.45, 7) is 4.51. The topological polar surface area (TPSA) is 32.3 Å². The van der Waals surface area contributed by atoms with Crippen LogP contribution in [0.15, 0.2) is 0 Å². The Kier molecular flexibility index (Phi) is 6.34. The van der Waals surface area contributed by atoms with Gasteiger partial charge in [-0.3, -0.25) is 0 Å². The Hall–Kier alpha value is -0.220. The zero-order valence-corrected chi connectivity index (χ0v) is 10.8. The average molecular weight is 249 g/mol. The molecule has 2 nitrogen and oxygen atoms in total. The van der Waals surface area contributed by atoms with Crippen LogP contribution >= 0.6 is 0 Å². The second-order valence-electron chi connectivity index (χ2n) is 5.52. The lowest BCUT2D eigenvalue weighted by molar-refractivity contribution is -0.00484. The van der Waals surface area contributed by atoms with Gasteiger partial charge < -0.3 is 10.4 Å². The third-order valence-electron chi connectivity index (χ3n) is 3.86. The van der Waals surface area contributed by atoms with E-state index in [2.05, 4.69) is 19.2 Å². The molecule has 17 heavy (non-hydrogen) atoms. The van der Waals surface area contributed by atoms with Crippen molar-refractivity contribution in [2.75, 3.05) is 6.54 Å². The molecule has 1 fully saturated rings. The van der Waals surface area contributed by atoms with Crippen molar-refractivity contribution in [2.45, 2.75) is 64.5 Å². The summed E-state index contributed by atoms with van der Waals surface area (Å²) in [7, 11) is 0. The Morgan fingerprint density at radius 1 is 1.18 bits per heavy atom. The van der Waals surface area contributed by atoms with Crippen molar-refractivity contribution in [3.05, 3.63) is 0 Å². The van der Waals surface area contributed by atoms with Gasteiger partial charge in [-0.15, -0.1) is 0 Å². The third-order valence-corrected chi connectivity index (χ3v) is 3.86. The van der Waals surface area contributed by atoms with Crippen molar-refractivity contribution in [1.29, 1.82) is 0 Å². The van der Waals surface area contributed by atoms with Gasteiger partial charge in [0.25, 0.3) is 6.43 Å². The molecule has 0 aliphatic heterocycles. The zero-order chi connectivity index (χ0) is 12.8. The average Bonchev–Trinajstić information content (AvgIpc) is 2.50. The molecule has 0 bridgehead atoms. The van der Waals surface area contributed by atoms with Gasteiger partial charge in [0.05, 0.1) is 0 Å². The summed E-state index contributed by atoms with van der Waals surface area (Å²) in [5.41, 5.74) is 0. The Morgan fingerprint density at radius 2 is 1.88 bits per heavy atom. The van der Waals surface area contributed by atoms with E-state index in [-0.39, 0.29) is 6.54 Å². The molecule has 1 rings (SSSR count). The summed E-state index contributed by atoms with van der Waals surface area (Å²) < 4.78 is 24.3. The Balaban J connectivity index is 2.27. The monoisotopic (exact) mass is 249 g/mol. The highest BCUT2D eigenvalue weighted by atomic mass is 19.3. The standard InChI is InChI=1S/C13H25F2NO/c1-9(2)10-4-3-5-11(7-6-10)16-8-12(17)13(14)15/h9-13,16-17H,3-8H2,1-2H3. The fraction of sp³-hybridized carbons (Fsp3) is 1.00. The summed E-state index contributed by atoms with van der Waals surface area (Å²) in [4.78, 5) is 0. The lowest BCUT2D eigenvalue weighted by atomic mass is 9.89. The smallest absolute Gasteiger partial charge is 0.265 e. The number of aliphatic hydroxyl groups excluding tert-OH is 1. The van der Waals surface area contributed by atoms with Crippen LogP contribution in [0.4, 0.5) is 8.78 Å². The number of hydrogen-bond acceptors (Lipinski definition) is 2. The molecule has 1 saturated carbocycles. The second kappa shape index (κ2) is 7.27. The van der Waals surface area contributed by atoms with E-state index in [9.17, 15) is 8.78 Å². The van der Waals surface area contributed by atoms with Gasteiger partial charge in [0.2, 0.25) is 0 Å². The molecule has 2 N–H and O–H groups in total. The van der Waals surface area contributed by atoms with Crippen LogP contribution in [0.25, 0.3) is 0 Å². The molecule has 0 radical (unpaired) electrons. The zero-order valence-electron chi connectivity index (χ0n) is 10.8. The molecule has 0 aromatic carbocycles. The number of hydrogen-bond donors (Lipinski definition) is 2. The maximum Gasteiger partial charge on any atom is 0.265 e. The molecule has 3 atom stereocenters. The highest BCUT2D eigenvalue weighted by molar-refractivity contribution is 4.77. The summed E-state index contributed by atoms with van der Waals surface area (Å²) in [6.07, 6.45) is 1.48. The fourth-order valence-electron chi connectivity index (χ4n) is 2.58. The second-order valence-corrected chi connectivity index (χ2v) is 5.52. The van der Waals surface area contributed by atoms with Crippen molar-refractivity contribution in [3.63, 3.8) is 0 Å². The first-order valence-electron chi connectivity index (χ1n) is 6.70. The summed E-state index contributed by atoms with van der Waals surface area (Å²) in [6, 6.07) is 0.298. The molecule has 102 valence electrons. The lowest BCUT2D eigenvalue weighted by Crippen LogP contribution is -2.38. The largest absolute Gasteiger partial charge is 0.386 e. The maximum absolute atomic E-state index is 12.1. The van der Waals surface area contributed by atoms with E-state index >= 15 is 0 Å². The number of rotatable bonds is 5. The van der Waals surface area contributed by atoms with Gasteiger partial charge in [0.1, 0.15) is 6.10 Å². The molecule has 1 aliphatic rings. The predicted octanol–water partition coefficient (Wildman–Crippen LogP) is 2.81. The minimum Gasteiger partial charge on any atom is -0.386 e. The highest BCUT2D eigenvalue weighted by Crippen LogP contribution is 2.28. The minimum atomic E-state index is -2.64. The van der Waals surface area contributed by atoms with Crippen LogP contribution in [0.3, 0.4) is 0 Å². The van der Waals surface area contributed by atoms with Gasteiger partial charge in [0.15, 0.2) is 0 Å². The molecule has 1 aliphatic carbocycles. The van der Waals surface area contributed by atoms with Crippen LogP contribution in [-0.2, 0) is 0 Å². The van der Waals surface area contributed by atoms with Crippen LogP contribution in [-0.4, -0.2) is 30.2 Å². The molecule has 0 amide bonds. The molecule has 3 unspecified atom stereocenters. The van der Waals surface area contributed by atoms with E-state index in [0.717, 1.165) is 25.2 Å². The molecule has 0 aromatic heterocycles. The maximum atomic E-state index is 12.1. The number of halogens is 2. The quantitative estimate of drug-likeness (QED) is 0.734. The van der Waals surface area contributed by atoms with Gasteiger partial charge >= 0.3 is 0 Å². The molecule has 4 heteroatoms. The lowest BCUT2D eigenvalue weighted by Gasteiger charge is -2.20. The highest BCUT2D eigenvalue weighted by Gasteiger charge is 2.22. The molecule has 0 spiro atoms. The van der Waals surface area contributed by atoms with Crippen molar-refractivity contribution in [3.8, 4) is 0 Å². The SMILES string of the molecule is CC(C)C1CCCC(NCC(O)C(F)F)CC1. The molecular weight excluding hydrogens is 224 g/mol. The molecule has 0 aromatic rings. The van der Waals surface area contributed by atoms with Crippen molar-refractivity contribution in [1.82, 2.24) is 5.32 Å². The van der Waals surface area contributed by atoms with E-state index in [1.54, 1.807) is 0 Å². The van der Waals surface area contributed by atoms with Crippen LogP contribution < -0.4 is 5.32 Å². The minimum absolute atomic E-state index is 0.00861. The predicted molar refractivity (Wildman–Crippen MR) is 65.2 cm³/mol. The number of aliphatic hydroxyl groups is 1. The van der Waals surface area contributed by atoms with E-state index in [1.807, 2.05) is 0 Å². The van der Waals surface area contributed by atoms with Crippen molar-refractivity contribution in [2.24, 2.45) is 11.8 Å². The van der Waals surface area contributed by atoms with E-state index in [4.69, 9.17) is 5.11 Å². The first-order chi connectivity index (χ1) is 8.00. The van der Waals surface area contributed by atoms with Crippen LogP contribution in [0.5, 0.6) is 0 Å². The van der Waals surface area contributed by atoms with Gasteiger partial charge in [-0.1, -0.05) is 26.7 Å². The first kappa shape index (κ1) is 14.8. The first-order valence-corrected chi connectivity index (χ1v) is 6.70. The summed E-state index contributed by atoms with van der Waals surface area (Å²) in [5, 5.41) is 12.1. The fourth-order valence-corrected chi connectivity index (χ4v) is 2.58. The van der Waals surface area contributed by atoms with Crippen LogP contribution in [0.2, 0.25) is 0 Å². The summed E-state index contributed by atoms with van der Waals surface area (Å²) >= 11 is 0. The van der Waals surface area contributed by atoms with Gasteiger partial charge in [0, 0.05) is 12.6 Å². The van der Waals surface area contributed by atoms with Gasteiger partial charge in [-0.2, -0.15) is 0 Å². The third kappa shape index (κ3) is 5.30. The van der Waals surface area contributed by atoms with Gasteiger partial charge in [-0.05, 0) is 31.1 Å². The Morgan fingerprint density at radius 3 is 2.47 bits per heavy atom. The normalized spacial score (nSPS) is 28.4.